The highest BCUT2D eigenvalue weighted by atomic mass is 31.2. The topological polar surface area (TPSA) is 197 Å². The average molecular weight is 515 g/mol. The maximum absolute atomic E-state index is 11.7. The van der Waals surface area contributed by atoms with Gasteiger partial charge in [-0.3, -0.25) is 14.2 Å². The number of amides is 2. The Morgan fingerprint density at radius 2 is 1.44 bits per heavy atom. The van der Waals surface area contributed by atoms with Crippen LogP contribution in [0.5, 0.6) is 0 Å². The fourth-order valence-corrected chi connectivity index (χ4v) is 2.64. The van der Waals surface area contributed by atoms with Crippen LogP contribution < -0.4 is 15.5 Å². The maximum atomic E-state index is 11.7. The van der Waals surface area contributed by atoms with Crippen molar-refractivity contribution in [3.05, 3.63) is 0 Å². The molecular weight excluding hydrogens is 483 g/mol. The van der Waals surface area contributed by atoms with Gasteiger partial charge in [0.05, 0.1) is 26.4 Å². The summed E-state index contributed by atoms with van der Waals surface area (Å²) in [5, 5.41) is 4.79. The fraction of sp³-hybridized carbons (Fsp3) is 0.778. The van der Waals surface area contributed by atoms with Crippen LogP contribution in [0.15, 0.2) is 0 Å². The fourth-order valence-electron chi connectivity index (χ4n) is 1.90. The van der Waals surface area contributed by atoms with Crippen LogP contribution in [0.1, 0.15) is 27.7 Å². The quantitative estimate of drug-likeness (QED) is 0.112. The van der Waals surface area contributed by atoms with Crippen LogP contribution in [0, 0.1) is 0 Å². The lowest BCUT2D eigenvalue weighted by atomic mass is 10.4. The van der Waals surface area contributed by atoms with Gasteiger partial charge >= 0.3 is 24.1 Å². The van der Waals surface area contributed by atoms with Crippen LogP contribution in [0.25, 0.3) is 0 Å². The second-order valence-corrected chi connectivity index (χ2v) is 8.13. The van der Waals surface area contributed by atoms with E-state index < -0.39 is 57.9 Å². The molecule has 34 heavy (non-hydrogen) atoms. The number of carbonyl (C=O) groups excluding carboxylic acids is 4. The van der Waals surface area contributed by atoms with Crippen LogP contribution in [0.4, 0.5) is 9.59 Å². The third kappa shape index (κ3) is 20.2. The van der Waals surface area contributed by atoms with E-state index >= 15 is 0 Å². The number of phosphoric acid groups is 1. The maximum Gasteiger partial charge on any atom is 0.407 e. The number of esters is 2. The molecule has 0 saturated carbocycles. The zero-order chi connectivity index (χ0) is 26.0. The standard InChI is InChI=1S/C18H33N2O13P/c1-13(2)20-18(24)29-10-8-27-7-9-28-17(23)19-5-6-31-34(25,26)32-12-16(33-15(4)22)11-30-14(3)21/h13,16H,5-12H2,1-4H3,(H,19,23)(H,20,24)(H,25,26)/p-1/t16-/m1/s1. The van der Waals surface area contributed by atoms with Crippen molar-refractivity contribution in [1.82, 2.24) is 10.6 Å². The van der Waals surface area contributed by atoms with Crippen LogP contribution in [0.3, 0.4) is 0 Å². The molecule has 0 aliphatic rings. The summed E-state index contributed by atoms with van der Waals surface area (Å²) in [4.78, 5) is 56.3. The minimum atomic E-state index is -4.78. The third-order valence-electron chi connectivity index (χ3n) is 3.17. The molecule has 0 radical (unpaired) electrons. The van der Waals surface area contributed by atoms with E-state index in [0.717, 1.165) is 13.8 Å². The van der Waals surface area contributed by atoms with Crippen molar-refractivity contribution in [2.75, 3.05) is 52.8 Å². The zero-order valence-corrected chi connectivity index (χ0v) is 20.5. The summed E-state index contributed by atoms with van der Waals surface area (Å²) in [6.07, 6.45) is -2.54. The number of nitrogens with one attached hydrogen (secondary N) is 2. The van der Waals surface area contributed by atoms with Gasteiger partial charge in [-0.2, -0.15) is 0 Å². The summed E-state index contributed by atoms with van der Waals surface area (Å²) in [7, 11) is -4.78. The molecule has 0 spiro atoms. The Morgan fingerprint density at radius 3 is 2.00 bits per heavy atom. The van der Waals surface area contributed by atoms with Gasteiger partial charge in [-0.1, -0.05) is 0 Å². The largest absolute Gasteiger partial charge is 0.756 e. The molecule has 0 aromatic rings. The Balaban J connectivity index is 3.90. The summed E-state index contributed by atoms with van der Waals surface area (Å²) in [6.45, 7) is 4.22. The van der Waals surface area contributed by atoms with E-state index in [1.54, 1.807) is 13.8 Å². The Morgan fingerprint density at radius 1 is 0.824 bits per heavy atom. The van der Waals surface area contributed by atoms with Gasteiger partial charge in [0.2, 0.25) is 0 Å². The summed E-state index contributed by atoms with van der Waals surface area (Å²) in [6, 6.07) is -0.0442. The predicted octanol–water partition coefficient (Wildman–Crippen LogP) is -0.140. The number of ether oxygens (including phenoxy) is 5. The predicted molar refractivity (Wildman–Crippen MR) is 111 cm³/mol. The molecule has 16 heteroatoms. The molecule has 0 aliphatic carbocycles. The Kier molecular flexibility index (Phi) is 16.7. The van der Waals surface area contributed by atoms with Crippen molar-refractivity contribution in [1.29, 1.82) is 0 Å². The van der Waals surface area contributed by atoms with Gasteiger partial charge < -0.3 is 48.3 Å². The number of rotatable bonds is 17. The molecule has 0 rings (SSSR count). The number of phosphoric ester groups is 1. The number of carbonyl (C=O) groups is 4. The van der Waals surface area contributed by atoms with Crippen molar-refractivity contribution in [3.8, 4) is 0 Å². The van der Waals surface area contributed by atoms with Crippen LogP contribution in [-0.4, -0.2) is 89.1 Å². The van der Waals surface area contributed by atoms with E-state index in [2.05, 4.69) is 24.4 Å². The van der Waals surface area contributed by atoms with E-state index in [1.807, 2.05) is 0 Å². The third-order valence-corrected chi connectivity index (χ3v) is 4.14. The van der Waals surface area contributed by atoms with E-state index in [9.17, 15) is 28.6 Å². The zero-order valence-electron chi connectivity index (χ0n) is 19.6. The molecule has 0 aliphatic heterocycles. The normalized spacial score (nSPS) is 13.4. The molecule has 0 bridgehead atoms. The Bertz CT molecular complexity index is 689. The molecule has 2 amide bonds. The van der Waals surface area contributed by atoms with E-state index in [1.165, 1.54) is 0 Å². The minimum Gasteiger partial charge on any atom is -0.756 e. The second kappa shape index (κ2) is 18.0. The van der Waals surface area contributed by atoms with Gasteiger partial charge in [-0.15, -0.1) is 0 Å². The lowest BCUT2D eigenvalue weighted by molar-refractivity contribution is -0.228. The van der Waals surface area contributed by atoms with Gasteiger partial charge in [0.1, 0.15) is 19.8 Å². The molecule has 0 aromatic heterocycles. The molecular formula is C18H32N2O13P-. The first-order valence-electron chi connectivity index (χ1n) is 10.2. The molecule has 15 nitrogen and oxygen atoms in total. The first kappa shape index (κ1) is 31.6. The van der Waals surface area contributed by atoms with Gasteiger partial charge in [-0.25, -0.2) is 9.59 Å². The first-order valence-corrected chi connectivity index (χ1v) is 11.7. The number of hydrogen-bond acceptors (Lipinski definition) is 13. The SMILES string of the molecule is CC(=O)OC[C@H](COP(=O)([O-])OCCNC(=O)OCCOCCOC(=O)NC(C)C)OC(C)=O. The molecule has 1 unspecified atom stereocenters. The molecule has 198 valence electrons. The van der Waals surface area contributed by atoms with Crippen molar-refractivity contribution in [2.45, 2.75) is 39.8 Å². The summed E-state index contributed by atoms with van der Waals surface area (Å²) < 4.78 is 45.1. The molecule has 0 fully saturated rings. The van der Waals surface area contributed by atoms with Crippen molar-refractivity contribution < 1.29 is 61.4 Å². The Labute approximate surface area is 197 Å². The van der Waals surface area contributed by atoms with Gasteiger partial charge in [0.15, 0.2) is 6.10 Å². The van der Waals surface area contributed by atoms with Crippen molar-refractivity contribution in [2.24, 2.45) is 0 Å². The van der Waals surface area contributed by atoms with Gasteiger partial charge in [0, 0.05) is 26.4 Å². The molecule has 0 aromatic carbocycles. The lowest BCUT2D eigenvalue weighted by Gasteiger charge is -2.25. The van der Waals surface area contributed by atoms with E-state index in [-0.39, 0.29) is 39.0 Å². The van der Waals surface area contributed by atoms with Crippen LogP contribution >= 0.6 is 7.82 Å². The van der Waals surface area contributed by atoms with Crippen LogP contribution in [0.2, 0.25) is 0 Å². The summed E-state index contributed by atoms with van der Waals surface area (Å²) in [5.41, 5.74) is 0. The number of alkyl carbamates (subject to hydrolysis) is 2. The smallest absolute Gasteiger partial charge is 0.407 e. The van der Waals surface area contributed by atoms with Gasteiger partial charge in [-0.05, 0) is 13.8 Å². The molecule has 2 atom stereocenters. The molecule has 0 saturated heterocycles. The average Bonchev–Trinajstić information content (AvgIpc) is 2.71. The van der Waals surface area contributed by atoms with E-state index in [4.69, 9.17) is 18.9 Å². The van der Waals surface area contributed by atoms with Crippen LogP contribution in [-0.2, 0) is 46.9 Å². The monoisotopic (exact) mass is 515 g/mol. The van der Waals surface area contributed by atoms with E-state index in [0.29, 0.717) is 0 Å². The first-order chi connectivity index (χ1) is 15.9. The highest BCUT2D eigenvalue weighted by molar-refractivity contribution is 7.45. The second-order valence-electron chi connectivity index (χ2n) is 6.72. The summed E-state index contributed by atoms with van der Waals surface area (Å²) >= 11 is 0. The Hall–Kier alpha value is -2.45. The molecule has 0 heterocycles. The lowest BCUT2D eigenvalue weighted by Crippen LogP contribution is -2.31. The van der Waals surface area contributed by atoms with Crippen molar-refractivity contribution in [3.63, 3.8) is 0 Å². The van der Waals surface area contributed by atoms with Crippen molar-refractivity contribution >= 4 is 31.9 Å². The highest BCUT2D eigenvalue weighted by Gasteiger charge is 2.19. The van der Waals surface area contributed by atoms with Gasteiger partial charge in [0.25, 0.3) is 7.82 Å². The highest BCUT2D eigenvalue weighted by Crippen LogP contribution is 2.38. The minimum absolute atomic E-state index is 0.0325. The summed E-state index contributed by atoms with van der Waals surface area (Å²) in [5.74, 6) is -1.37. The molecule has 2 N–H and O–H groups in total. The number of hydrogen-bond donors (Lipinski definition) is 2.